The molecule has 0 saturated carbocycles. The Hall–Kier alpha value is -1.94. The first-order valence-corrected chi connectivity index (χ1v) is 5.46. The number of aromatic carboxylic acids is 1. The van der Waals surface area contributed by atoms with Crippen molar-refractivity contribution in [1.29, 1.82) is 0 Å². The topological polar surface area (TPSA) is 63.1 Å². The molecule has 1 aromatic heterocycles. The van der Waals surface area contributed by atoms with E-state index in [9.17, 15) is 4.79 Å². The molecule has 5 heteroatoms. The van der Waals surface area contributed by atoms with Crippen LogP contribution in [0, 0.1) is 0 Å². The van der Waals surface area contributed by atoms with Crippen LogP contribution in [0.4, 0.5) is 0 Å². The van der Waals surface area contributed by atoms with Gasteiger partial charge in [0.1, 0.15) is 0 Å². The van der Waals surface area contributed by atoms with Crippen LogP contribution in [-0.4, -0.2) is 21.0 Å². The number of rotatable bonds is 3. The fraction of sp³-hybridized carbons (Fsp3) is 0.0833. The summed E-state index contributed by atoms with van der Waals surface area (Å²) in [6, 6.07) is 9.13. The van der Waals surface area contributed by atoms with Crippen molar-refractivity contribution < 1.29 is 9.90 Å². The minimum Gasteiger partial charge on any atom is -0.475 e. The molecule has 0 atom stereocenters. The molecule has 0 fully saturated rings. The van der Waals surface area contributed by atoms with Gasteiger partial charge in [0.2, 0.25) is 5.82 Å². The minimum absolute atomic E-state index is 0.216. The zero-order chi connectivity index (χ0) is 12.3. The van der Waals surface area contributed by atoms with E-state index in [-0.39, 0.29) is 5.82 Å². The average molecular weight is 249 g/mol. The van der Waals surface area contributed by atoms with Crippen LogP contribution in [0.1, 0.15) is 16.2 Å². The quantitative estimate of drug-likeness (QED) is 0.848. The fourth-order valence-corrected chi connectivity index (χ4v) is 1.73. The summed E-state index contributed by atoms with van der Waals surface area (Å²) >= 11 is 5.82. The molecule has 0 unspecified atom stereocenters. The summed E-state index contributed by atoms with van der Waals surface area (Å²) < 4.78 is 0. The molecule has 2 rings (SSSR count). The first-order chi connectivity index (χ1) is 8.22. The zero-order valence-corrected chi connectivity index (χ0v) is 9.55. The van der Waals surface area contributed by atoms with Crippen LogP contribution in [0.25, 0.3) is 11.3 Å². The SMILES string of the molecule is O=C(O)c1nccc(-c2ccccc2CCl)n1. The monoisotopic (exact) mass is 248 g/mol. The van der Waals surface area contributed by atoms with Gasteiger partial charge in [-0.3, -0.25) is 0 Å². The number of benzene rings is 1. The molecule has 0 bridgehead atoms. The maximum Gasteiger partial charge on any atom is 0.373 e. The van der Waals surface area contributed by atoms with Crippen LogP contribution in [0.5, 0.6) is 0 Å². The second kappa shape index (κ2) is 4.93. The summed E-state index contributed by atoms with van der Waals surface area (Å²) in [5, 5.41) is 8.83. The first kappa shape index (κ1) is 11.5. The Morgan fingerprint density at radius 2 is 2.06 bits per heavy atom. The van der Waals surface area contributed by atoms with E-state index in [2.05, 4.69) is 9.97 Å². The number of halogens is 1. The summed E-state index contributed by atoms with van der Waals surface area (Å²) in [7, 11) is 0. The summed E-state index contributed by atoms with van der Waals surface area (Å²) in [5.74, 6) is -1.01. The molecule has 86 valence electrons. The normalized spacial score (nSPS) is 10.2. The Labute approximate surface area is 103 Å². The molecule has 2 aromatic rings. The molecule has 1 aromatic carbocycles. The van der Waals surface area contributed by atoms with Crippen molar-refractivity contribution in [1.82, 2.24) is 9.97 Å². The Morgan fingerprint density at radius 3 is 2.76 bits per heavy atom. The maximum atomic E-state index is 10.8. The molecule has 0 amide bonds. The highest BCUT2D eigenvalue weighted by molar-refractivity contribution is 6.17. The maximum absolute atomic E-state index is 10.8. The van der Waals surface area contributed by atoms with Gasteiger partial charge < -0.3 is 5.11 Å². The van der Waals surface area contributed by atoms with Gasteiger partial charge in [0.15, 0.2) is 0 Å². The summed E-state index contributed by atoms with van der Waals surface area (Å²) in [6.07, 6.45) is 1.43. The molecule has 0 saturated heterocycles. The van der Waals surface area contributed by atoms with E-state index in [4.69, 9.17) is 16.7 Å². The summed E-state index contributed by atoms with van der Waals surface area (Å²) in [4.78, 5) is 18.4. The standard InChI is InChI=1S/C12H9ClN2O2/c13-7-8-3-1-2-4-9(8)10-5-6-14-11(15-10)12(16)17/h1-6H,7H2,(H,16,17). The van der Waals surface area contributed by atoms with Crippen molar-refractivity contribution >= 4 is 17.6 Å². The van der Waals surface area contributed by atoms with Crippen LogP contribution in [0.2, 0.25) is 0 Å². The molecule has 0 spiro atoms. The lowest BCUT2D eigenvalue weighted by Gasteiger charge is -2.06. The van der Waals surface area contributed by atoms with Crippen LogP contribution >= 0.6 is 11.6 Å². The van der Waals surface area contributed by atoms with Gasteiger partial charge in [-0.1, -0.05) is 24.3 Å². The molecule has 1 heterocycles. The number of nitrogens with zero attached hydrogens (tertiary/aromatic N) is 2. The highest BCUT2D eigenvalue weighted by Gasteiger charge is 2.10. The number of alkyl halides is 1. The third-order valence-corrected chi connectivity index (χ3v) is 2.57. The molecule has 4 nitrogen and oxygen atoms in total. The van der Waals surface area contributed by atoms with Crippen molar-refractivity contribution in [2.24, 2.45) is 0 Å². The van der Waals surface area contributed by atoms with E-state index in [0.717, 1.165) is 11.1 Å². The van der Waals surface area contributed by atoms with Crippen molar-refractivity contribution in [3.63, 3.8) is 0 Å². The Balaban J connectivity index is 2.52. The third kappa shape index (κ3) is 2.42. The highest BCUT2D eigenvalue weighted by atomic mass is 35.5. The van der Waals surface area contributed by atoms with Gasteiger partial charge in [-0.15, -0.1) is 11.6 Å². The predicted octanol–water partition coefficient (Wildman–Crippen LogP) is 2.58. The molecule has 0 aliphatic carbocycles. The second-order valence-corrected chi connectivity index (χ2v) is 3.63. The Bertz CT molecular complexity index is 558. The molecule has 1 N–H and O–H groups in total. The van der Waals surface area contributed by atoms with E-state index in [0.29, 0.717) is 11.6 Å². The van der Waals surface area contributed by atoms with Gasteiger partial charge in [-0.25, -0.2) is 14.8 Å². The fourth-order valence-electron chi connectivity index (χ4n) is 1.50. The van der Waals surface area contributed by atoms with Gasteiger partial charge in [0.25, 0.3) is 0 Å². The van der Waals surface area contributed by atoms with Gasteiger partial charge in [0.05, 0.1) is 5.69 Å². The van der Waals surface area contributed by atoms with E-state index in [1.165, 1.54) is 6.20 Å². The smallest absolute Gasteiger partial charge is 0.373 e. The van der Waals surface area contributed by atoms with E-state index >= 15 is 0 Å². The number of carbonyl (C=O) groups is 1. The van der Waals surface area contributed by atoms with Crippen LogP contribution in [-0.2, 0) is 5.88 Å². The zero-order valence-electron chi connectivity index (χ0n) is 8.80. The van der Waals surface area contributed by atoms with Crippen molar-refractivity contribution in [3.05, 3.63) is 47.9 Å². The lowest BCUT2D eigenvalue weighted by atomic mass is 10.1. The number of carboxylic acids is 1. The Morgan fingerprint density at radius 1 is 1.29 bits per heavy atom. The number of carboxylic acid groups (broad SMARTS) is 1. The lowest BCUT2D eigenvalue weighted by Crippen LogP contribution is -2.04. The Kier molecular flexibility index (Phi) is 3.35. The van der Waals surface area contributed by atoms with E-state index in [1.54, 1.807) is 6.07 Å². The summed E-state index contributed by atoms with van der Waals surface area (Å²) in [5.41, 5.74) is 2.30. The van der Waals surface area contributed by atoms with E-state index < -0.39 is 5.97 Å². The largest absolute Gasteiger partial charge is 0.475 e. The first-order valence-electron chi connectivity index (χ1n) is 4.93. The minimum atomic E-state index is -1.14. The number of aromatic nitrogens is 2. The van der Waals surface area contributed by atoms with Gasteiger partial charge in [-0.2, -0.15) is 0 Å². The van der Waals surface area contributed by atoms with Gasteiger partial charge in [-0.05, 0) is 11.6 Å². The van der Waals surface area contributed by atoms with Crippen LogP contribution in [0.3, 0.4) is 0 Å². The highest BCUT2D eigenvalue weighted by Crippen LogP contribution is 2.22. The molecular formula is C12H9ClN2O2. The molecular weight excluding hydrogens is 240 g/mol. The van der Waals surface area contributed by atoms with Gasteiger partial charge >= 0.3 is 5.97 Å². The van der Waals surface area contributed by atoms with Crippen molar-refractivity contribution in [3.8, 4) is 11.3 Å². The second-order valence-electron chi connectivity index (χ2n) is 3.36. The lowest BCUT2D eigenvalue weighted by molar-refractivity contribution is 0.0683. The van der Waals surface area contributed by atoms with Crippen molar-refractivity contribution in [2.75, 3.05) is 0 Å². The molecule has 17 heavy (non-hydrogen) atoms. The molecule has 0 aliphatic heterocycles. The van der Waals surface area contributed by atoms with Gasteiger partial charge in [0, 0.05) is 17.6 Å². The van der Waals surface area contributed by atoms with Crippen LogP contribution in [0.15, 0.2) is 36.5 Å². The number of hydrogen-bond acceptors (Lipinski definition) is 3. The third-order valence-electron chi connectivity index (χ3n) is 2.28. The molecule has 0 aliphatic rings. The number of hydrogen-bond donors (Lipinski definition) is 1. The predicted molar refractivity (Wildman–Crippen MR) is 64.0 cm³/mol. The van der Waals surface area contributed by atoms with Crippen molar-refractivity contribution in [2.45, 2.75) is 5.88 Å². The average Bonchev–Trinajstić information content (AvgIpc) is 2.39. The molecule has 0 radical (unpaired) electrons. The summed E-state index contributed by atoms with van der Waals surface area (Å²) in [6.45, 7) is 0. The van der Waals surface area contributed by atoms with Crippen LogP contribution < -0.4 is 0 Å². The van der Waals surface area contributed by atoms with E-state index in [1.807, 2.05) is 24.3 Å².